The first-order valence-corrected chi connectivity index (χ1v) is 10.3. The number of hydrogen-bond donors (Lipinski definition) is 2. The lowest BCUT2D eigenvalue weighted by Crippen LogP contribution is -2.30. The maximum Gasteiger partial charge on any atom is 0.244 e. The number of nitrogens with zero attached hydrogens (tertiary/aromatic N) is 2. The van der Waals surface area contributed by atoms with Crippen molar-refractivity contribution in [1.82, 2.24) is 19.9 Å². The summed E-state index contributed by atoms with van der Waals surface area (Å²) in [5.74, 6) is -0.00214. The molecule has 0 aliphatic heterocycles. The van der Waals surface area contributed by atoms with E-state index in [0.29, 0.717) is 24.4 Å². The predicted octanol–water partition coefficient (Wildman–Crippen LogP) is 3.03. The van der Waals surface area contributed by atoms with Crippen LogP contribution in [0, 0.1) is 20.8 Å². The van der Waals surface area contributed by atoms with Gasteiger partial charge >= 0.3 is 0 Å². The van der Waals surface area contributed by atoms with Crippen LogP contribution in [-0.2, 0) is 16.4 Å². The summed E-state index contributed by atoms with van der Waals surface area (Å²) in [7, 11) is -3.65. The second-order valence-electron chi connectivity index (χ2n) is 6.73. The fourth-order valence-corrected chi connectivity index (χ4v) is 4.81. The van der Waals surface area contributed by atoms with Crippen molar-refractivity contribution in [2.45, 2.75) is 38.0 Å². The first-order chi connectivity index (χ1) is 12.9. The molecule has 0 spiro atoms. The highest BCUT2D eigenvalue weighted by molar-refractivity contribution is 7.89. The van der Waals surface area contributed by atoms with Crippen LogP contribution in [-0.4, -0.2) is 30.1 Å². The SMILES string of the molecule is Cc1ccccc1C(CNS(=O)(=O)c1c(C)n[nH]c1C)Cc1cccnc1. The van der Waals surface area contributed by atoms with Gasteiger partial charge in [0.2, 0.25) is 10.0 Å². The molecule has 2 N–H and O–H groups in total. The molecule has 1 unspecified atom stereocenters. The summed E-state index contributed by atoms with van der Waals surface area (Å²) in [4.78, 5) is 4.40. The van der Waals surface area contributed by atoms with Crippen LogP contribution < -0.4 is 4.72 Å². The average molecular weight is 385 g/mol. The van der Waals surface area contributed by atoms with Crippen molar-refractivity contribution in [3.05, 3.63) is 76.9 Å². The Kier molecular flexibility index (Phi) is 5.72. The molecule has 0 bridgehead atoms. The van der Waals surface area contributed by atoms with Gasteiger partial charge in [0.1, 0.15) is 4.90 Å². The molecule has 27 heavy (non-hydrogen) atoms. The van der Waals surface area contributed by atoms with Crippen molar-refractivity contribution in [3.8, 4) is 0 Å². The Balaban J connectivity index is 1.87. The second-order valence-corrected chi connectivity index (χ2v) is 8.44. The van der Waals surface area contributed by atoms with Crippen molar-refractivity contribution in [3.63, 3.8) is 0 Å². The van der Waals surface area contributed by atoms with Gasteiger partial charge in [-0.2, -0.15) is 5.10 Å². The van der Waals surface area contributed by atoms with E-state index in [0.717, 1.165) is 16.7 Å². The minimum Gasteiger partial charge on any atom is -0.281 e. The van der Waals surface area contributed by atoms with Gasteiger partial charge in [-0.05, 0) is 49.9 Å². The molecule has 0 saturated carbocycles. The van der Waals surface area contributed by atoms with Gasteiger partial charge in [0.15, 0.2) is 0 Å². The standard InChI is InChI=1S/C20H24N4O2S/c1-14-7-4-5-9-19(14)18(11-17-8-6-10-21-12-17)13-22-27(25,26)20-15(2)23-24-16(20)3/h4-10,12,18,22H,11,13H2,1-3H3,(H,23,24). The Morgan fingerprint density at radius 3 is 2.52 bits per heavy atom. The summed E-state index contributed by atoms with van der Waals surface area (Å²) in [5, 5.41) is 6.73. The molecule has 0 fully saturated rings. The van der Waals surface area contributed by atoms with E-state index in [-0.39, 0.29) is 10.8 Å². The van der Waals surface area contributed by atoms with Gasteiger partial charge in [0.05, 0.1) is 11.4 Å². The Hall–Kier alpha value is -2.51. The van der Waals surface area contributed by atoms with E-state index >= 15 is 0 Å². The Labute approximate surface area is 160 Å². The minimum absolute atomic E-state index is 0.00214. The molecule has 0 saturated heterocycles. The molecule has 0 amide bonds. The number of rotatable bonds is 7. The molecule has 0 aliphatic carbocycles. The number of H-pyrrole nitrogens is 1. The molecule has 0 radical (unpaired) electrons. The zero-order valence-corrected chi connectivity index (χ0v) is 16.5. The van der Waals surface area contributed by atoms with E-state index in [9.17, 15) is 8.42 Å². The molecule has 6 nitrogen and oxygen atoms in total. The lowest BCUT2D eigenvalue weighted by Gasteiger charge is -2.20. The number of hydrogen-bond acceptors (Lipinski definition) is 4. The number of sulfonamides is 1. The van der Waals surface area contributed by atoms with Crippen molar-refractivity contribution >= 4 is 10.0 Å². The number of aromatic amines is 1. The highest BCUT2D eigenvalue weighted by Gasteiger charge is 2.24. The summed E-state index contributed by atoms with van der Waals surface area (Å²) >= 11 is 0. The molecule has 2 heterocycles. The highest BCUT2D eigenvalue weighted by Crippen LogP contribution is 2.24. The number of aryl methyl sites for hydroxylation is 3. The van der Waals surface area contributed by atoms with Crippen LogP contribution in [0.4, 0.5) is 0 Å². The van der Waals surface area contributed by atoms with E-state index in [1.807, 2.05) is 43.5 Å². The van der Waals surface area contributed by atoms with Crippen LogP contribution in [0.5, 0.6) is 0 Å². The van der Waals surface area contributed by atoms with Crippen LogP contribution in [0.1, 0.15) is 34.0 Å². The van der Waals surface area contributed by atoms with E-state index < -0.39 is 10.0 Å². The third kappa shape index (κ3) is 4.43. The number of nitrogens with one attached hydrogen (secondary N) is 2. The lowest BCUT2D eigenvalue weighted by atomic mass is 9.90. The molecule has 2 aromatic heterocycles. The van der Waals surface area contributed by atoms with Crippen LogP contribution in [0.15, 0.2) is 53.7 Å². The highest BCUT2D eigenvalue weighted by atomic mass is 32.2. The summed E-state index contributed by atoms with van der Waals surface area (Å²) in [6.07, 6.45) is 4.26. The molecule has 3 rings (SSSR count). The normalized spacial score (nSPS) is 12.9. The van der Waals surface area contributed by atoms with E-state index in [2.05, 4.69) is 26.0 Å². The average Bonchev–Trinajstić information content (AvgIpc) is 2.99. The predicted molar refractivity (Wildman–Crippen MR) is 105 cm³/mol. The molecule has 7 heteroatoms. The van der Waals surface area contributed by atoms with Gasteiger partial charge in [-0.15, -0.1) is 0 Å². The van der Waals surface area contributed by atoms with Gasteiger partial charge in [-0.3, -0.25) is 10.1 Å². The minimum atomic E-state index is -3.65. The van der Waals surface area contributed by atoms with Gasteiger partial charge < -0.3 is 0 Å². The second kappa shape index (κ2) is 8.02. The van der Waals surface area contributed by atoms with Crippen LogP contribution in [0.25, 0.3) is 0 Å². The monoisotopic (exact) mass is 384 g/mol. The topological polar surface area (TPSA) is 87.7 Å². The van der Waals surface area contributed by atoms with Gasteiger partial charge in [-0.1, -0.05) is 30.3 Å². The number of benzene rings is 1. The first-order valence-electron chi connectivity index (χ1n) is 8.84. The Morgan fingerprint density at radius 1 is 1.11 bits per heavy atom. The van der Waals surface area contributed by atoms with Crippen molar-refractivity contribution in [1.29, 1.82) is 0 Å². The maximum absolute atomic E-state index is 12.8. The largest absolute Gasteiger partial charge is 0.281 e. The van der Waals surface area contributed by atoms with Crippen molar-refractivity contribution in [2.24, 2.45) is 0 Å². The molecular weight excluding hydrogens is 360 g/mol. The van der Waals surface area contributed by atoms with Crippen molar-refractivity contribution in [2.75, 3.05) is 6.54 Å². The van der Waals surface area contributed by atoms with Crippen LogP contribution in [0.3, 0.4) is 0 Å². The van der Waals surface area contributed by atoms with E-state index in [1.54, 1.807) is 20.0 Å². The molecule has 1 aromatic carbocycles. The maximum atomic E-state index is 12.8. The molecule has 1 atom stereocenters. The summed E-state index contributed by atoms with van der Waals surface area (Å²) in [6, 6.07) is 12.0. The quantitative estimate of drug-likeness (QED) is 0.655. The fourth-order valence-electron chi connectivity index (χ4n) is 3.36. The first kappa shape index (κ1) is 19.3. The fraction of sp³-hybridized carbons (Fsp3) is 0.300. The van der Waals surface area contributed by atoms with Gasteiger partial charge in [0, 0.05) is 24.9 Å². The molecule has 0 aliphatic rings. The number of aromatic nitrogens is 3. The summed E-state index contributed by atoms with van der Waals surface area (Å²) in [6.45, 7) is 5.74. The lowest BCUT2D eigenvalue weighted by molar-refractivity contribution is 0.567. The van der Waals surface area contributed by atoms with E-state index in [4.69, 9.17) is 0 Å². The van der Waals surface area contributed by atoms with Crippen LogP contribution >= 0.6 is 0 Å². The molecular formula is C20H24N4O2S. The van der Waals surface area contributed by atoms with Crippen LogP contribution in [0.2, 0.25) is 0 Å². The summed E-state index contributed by atoms with van der Waals surface area (Å²) < 4.78 is 28.4. The number of pyridine rings is 1. The third-order valence-electron chi connectivity index (χ3n) is 4.68. The van der Waals surface area contributed by atoms with E-state index in [1.165, 1.54) is 0 Å². The Morgan fingerprint density at radius 2 is 1.89 bits per heavy atom. The van der Waals surface area contributed by atoms with Crippen molar-refractivity contribution < 1.29 is 8.42 Å². The summed E-state index contributed by atoms with van der Waals surface area (Å²) in [5.41, 5.74) is 4.35. The smallest absolute Gasteiger partial charge is 0.244 e. The zero-order valence-electron chi connectivity index (χ0n) is 15.7. The molecule has 3 aromatic rings. The molecule has 142 valence electrons. The Bertz CT molecular complexity index is 994. The third-order valence-corrected chi connectivity index (χ3v) is 6.37. The van der Waals surface area contributed by atoms with Gasteiger partial charge in [-0.25, -0.2) is 13.1 Å². The zero-order chi connectivity index (χ0) is 19.4. The van der Waals surface area contributed by atoms with Gasteiger partial charge in [0.25, 0.3) is 0 Å².